The molecule has 21 heavy (non-hydrogen) atoms. The van der Waals surface area contributed by atoms with Gasteiger partial charge in [-0.25, -0.2) is 8.42 Å². The number of benzene rings is 1. The van der Waals surface area contributed by atoms with Gasteiger partial charge in [0.15, 0.2) is 0 Å². The van der Waals surface area contributed by atoms with Gasteiger partial charge in [-0.2, -0.15) is 0 Å². The molecule has 2 N–H and O–H groups in total. The largest absolute Gasteiger partial charge is 0.327 e. The van der Waals surface area contributed by atoms with E-state index in [9.17, 15) is 8.42 Å². The van der Waals surface area contributed by atoms with E-state index in [-0.39, 0.29) is 11.3 Å². The molecule has 4 heteroatoms. The van der Waals surface area contributed by atoms with E-state index in [1.54, 1.807) is 0 Å². The summed E-state index contributed by atoms with van der Waals surface area (Å²) in [6.07, 6.45) is 6.88. The van der Waals surface area contributed by atoms with E-state index in [2.05, 4.69) is 31.2 Å². The lowest BCUT2D eigenvalue weighted by atomic mass is 9.82. The molecule has 1 aromatic rings. The summed E-state index contributed by atoms with van der Waals surface area (Å²) in [6.45, 7) is 2.10. The molecule has 0 amide bonds. The number of hydrogen-bond acceptors (Lipinski definition) is 3. The Balaban J connectivity index is 1.89. The maximum absolute atomic E-state index is 11.7. The Morgan fingerprint density at radius 2 is 2.10 bits per heavy atom. The van der Waals surface area contributed by atoms with Crippen molar-refractivity contribution < 1.29 is 8.42 Å². The van der Waals surface area contributed by atoms with Crippen molar-refractivity contribution in [2.45, 2.75) is 56.7 Å². The zero-order valence-electron chi connectivity index (χ0n) is 13.1. The summed E-state index contributed by atoms with van der Waals surface area (Å²) in [7, 11) is -2.92. The maximum Gasteiger partial charge on any atom is 0.150 e. The van der Waals surface area contributed by atoms with Crippen LogP contribution in [0.3, 0.4) is 0 Å². The van der Waals surface area contributed by atoms with Crippen LogP contribution in [0.5, 0.6) is 0 Å². The second kappa shape index (κ2) is 6.93. The summed E-state index contributed by atoms with van der Waals surface area (Å²) in [6, 6.07) is 8.62. The molecular weight excluding hydrogens is 282 g/mol. The van der Waals surface area contributed by atoms with Crippen LogP contribution in [0.1, 0.15) is 43.2 Å². The number of rotatable bonds is 5. The average molecular weight is 309 g/mol. The van der Waals surface area contributed by atoms with Crippen LogP contribution in [0.15, 0.2) is 24.3 Å². The summed E-state index contributed by atoms with van der Waals surface area (Å²) in [5.74, 6) is 0.350. The molecule has 3 unspecified atom stereocenters. The molecule has 118 valence electrons. The molecule has 1 saturated carbocycles. The topological polar surface area (TPSA) is 60.2 Å². The fourth-order valence-electron chi connectivity index (χ4n) is 3.40. The smallest absolute Gasteiger partial charge is 0.150 e. The van der Waals surface area contributed by atoms with E-state index in [1.165, 1.54) is 17.4 Å². The van der Waals surface area contributed by atoms with Crippen LogP contribution in [-0.4, -0.2) is 26.0 Å². The Bertz CT molecular complexity index is 568. The third-order valence-corrected chi connectivity index (χ3v) is 6.37. The highest BCUT2D eigenvalue weighted by atomic mass is 32.2. The monoisotopic (exact) mass is 309 g/mol. The van der Waals surface area contributed by atoms with Gasteiger partial charge in [0.2, 0.25) is 0 Å². The molecule has 1 aliphatic carbocycles. The van der Waals surface area contributed by atoms with Crippen molar-refractivity contribution in [3.8, 4) is 0 Å². The minimum Gasteiger partial charge on any atom is -0.327 e. The molecule has 0 bridgehead atoms. The summed E-state index contributed by atoms with van der Waals surface area (Å²) in [5, 5.41) is -0.179. The van der Waals surface area contributed by atoms with Crippen molar-refractivity contribution in [1.29, 1.82) is 0 Å². The Morgan fingerprint density at radius 3 is 2.76 bits per heavy atom. The zero-order valence-corrected chi connectivity index (χ0v) is 13.9. The van der Waals surface area contributed by atoms with Gasteiger partial charge in [-0.3, -0.25) is 0 Å². The average Bonchev–Trinajstić information content (AvgIpc) is 2.44. The van der Waals surface area contributed by atoms with Crippen molar-refractivity contribution in [3.05, 3.63) is 35.4 Å². The van der Waals surface area contributed by atoms with Gasteiger partial charge in [0, 0.05) is 12.3 Å². The highest BCUT2D eigenvalue weighted by Gasteiger charge is 2.31. The van der Waals surface area contributed by atoms with Crippen molar-refractivity contribution in [3.63, 3.8) is 0 Å². The standard InChI is InChI=1S/C17H27NO2S/c1-13-5-3-6-14(11-13)9-10-17(18)15-7-4-8-16(12-15)21(2,19)20/h3,5-6,11,15-17H,4,7-10,12,18H2,1-2H3. The first kappa shape index (κ1) is 16.5. The molecular formula is C17H27NO2S. The molecule has 1 aliphatic rings. The quantitative estimate of drug-likeness (QED) is 0.910. The van der Waals surface area contributed by atoms with Crippen LogP contribution >= 0.6 is 0 Å². The predicted molar refractivity (Wildman–Crippen MR) is 88.1 cm³/mol. The fourth-order valence-corrected chi connectivity index (χ4v) is 4.59. The van der Waals surface area contributed by atoms with Gasteiger partial charge < -0.3 is 5.73 Å². The van der Waals surface area contributed by atoms with Gasteiger partial charge in [0.05, 0.1) is 5.25 Å². The maximum atomic E-state index is 11.7. The molecule has 0 radical (unpaired) electrons. The second-order valence-electron chi connectivity index (χ2n) is 6.57. The van der Waals surface area contributed by atoms with Crippen molar-refractivity contribution in [2.24, 2.45) is 11.7 Å². The lowest BCUT2D eigenvalue weighted by Gasteiger charge is -2.32. The van der Waals surface area contributed by atoms with Crippen LogP contribution < -0.4 is 5.73 Å². The molecule has 0 aliphatic heterocycles. The van der Waals surface area contributed by atoms with Crippen molar-refractivity contribution >= 4 is 9.84 Å². The molecule has 1 fully saturated rings. The van der Waals surface area contributed by atoms with E-state index in [0.29, 0.717) is 5.92 Å². The van der Waals surface area contributed by atoms with Gasteiger partial charge in [-0.05, 0) is 50.5 Å². The predicted octanol–water partition coefficient (Wildman–Crippen LogP) is 2.86. The van der Waals surface area contributed by atoms with Gasteiger partial charge in [-0.1, -0.05) is 36.2 Å². The van der Waals surface area contributed by atoms with Crippen LogP contribution in [0.2, 0.25) is 0 Å². The van der Waals surface area contributed by atoms with Gasteiger partial charge in [-0.15, -0.1) is 0 Å². The fraction of sp³-hybridized carbons (Fsp3) is 0.647. The summed E-state index contributed by atoms with van der Waals surface area (Å²) < 4.78 is 23.5. The normalized spacial score (nSPS) is 24.7. The summed E-state index contributed by atoms with van der Waals surface area (Å²) in [4.78, 5) is 0. The van der Waals surface area contributed by atoms with Crippen molar-refractivity contribution in [1.82, 2.24) is 0 Å². The highest BCUT2D eigenvalue weighted by Crippen LogP contribution is 2.31. The molecule has 0 aromatic heterocycles. The summed E-state index contributed by atoms with van der Waals surface area (Å²) in [5.41, 5.74) is 8.94. The Labute approximate surface area is 128 Å². The first-order valence-corrected chi connectivity index (χ1v) is 9.81. The van der Waals surface area contributed by atoms with Gasteiger partial charge >= 0.3 is 0 Å². The van der Waals surface area contributed by atoms with E-state index in [1.807, 2.05) is 0 Å². The zero-order chi connectivity index (χ0) is 15.5. The highest BCUT2D eigenvalue weighted by molar-refractivity contribution is 7.91. The third-order valence-electron chi connectivity index (χ3n) is 4.73. The molecule has 3 nitrogen and oxygen atoms in total. The van der Waals surface area contributed by atoms with Crippen LogP contribution in [0.25, 0.3) is 0 Å². The van der Waals surface area contributed by atoms with Crippen LogP contribution in [0.4, 0.5) is 0 Å². The third kappa shape index (κ3) is 4.82. The van der Waals surface area contributed by atoms with Crippen molar-refractivity contribution in [2.75, 3.05) is 6.26 Å². The Morgan fingerprint density at radius 1 is 1.33 bits per heavy atom. The number of hydrogen-bond donors (Lipinski definition) is 1. The lowest BCUT2D eigenvalue weighted by Crippen LogP contribution is -2.37. The molecule has 0 saturated heterocycles. The number of nitrogens with two attached hydrogens (primary N) is 1. The Hall–Kier alpha value is -0.870. The van der Waals surface area contributed by atoms with Crippen LogP contribution in [-0.2, 0) is 16.3 Å². The molecule has 1 aromatic carbocycles. The lowest BCUT2D eigenvalue weighted by molar-refractivity contribution is 0.296. The van der Waals surface area contributed by atoms with E-state index < -0.39 is 9.84 Å². The minimum absolute atomic E-state index is 0.107. The van der Waals surface area contributed by atoms with Crippen LogP contribution in [0, 0.1) is 12.8 Å². The first-order valence-electron chi connectivity index (χ1n) is 7.86. The SMILES string of the molecule is Cc1cccc(CCC(N)C2CCCC(S(C)(=O)=O)C2)c1. The van der Waals surface area contributed by atoms with E-state index >= 15 is 0 Å². The molecule has 0 spiro atoms. The van der Waals surface area contributed by atoms with E-state index in [4.69, 9.17) is 5.73 Å². The minimum atomic E-state index is -2.92. The molecule has 2 rings (SSSR count). The number of aryl methyl sites for hydroxylation is 2. The van der Waals surface area contributed by atoms with E-state index in [0.717, 1.165) is 38.5 Å². The number of sulfone groups is 1. The van der Waals surface area contributed by atoms with Gasteiger partial charge in [0.1, 0.15) is 9.84 Å². The summed E-state index contributed by atoms with van der Waals surface area (Å²) >= 11 is 0. The second-order valence-corrected chi connectivity index (χ2v) is 8.90. The first-order chi connectivity index (χ1) is 9.86. The molecule has 0 heterocycles. The Kier molecular flexibility index (Phi) is 5.44. The molecule has 3 atom stereocenters. The van der Waals surface area contributed by atoms with Gasteiger partial charge in [0.25, 0.3) is 0 Å².